The van der Waals surface area contributed by atoms with Gasteiger partial charge in [-0.3, -0.25) is 0 Å². The number of nitrogens with zero attached hydrogens (tertiary/aromatic N) is 3. The van der Waals surface area contributed by atoms with E-state index in [1.807, 2.05) is 36.7 Å². The van der Waals surface area contributed by atoms with Crippen molar-refractivity contribution in [3.05, 3.63) is 58.6 Å². The maximum absolute atomic E-state index is 11.7. The summed E-state index contributed by atoms with van der Waals surface area (Å²) in [5, 5.41) is 12.8. The topological polar surface area (TPSA) is 78.6 Å². The summed E-state index contributed by atoms with van der Waals surface area (Å²) in [4.78, 5) is 8.46. The molecule has 1 aromatic carbocycles. The molecular formula is C23H24ClN3O4. The standard InChI is InChI=1S/C23H24ClN3O4/c1-22(2)30-16-17(31-22)21(27-9-8-15-19(24)25-11-26-20(15)27)29-18(16)23(3,28)14-7-6-12-4-5-13(12)10-14/h6-11,16-18,21,28H,4-5H2,1-3H3/t16-,17+,18-,21+,23+/m0/s1. The highest BCUT2D eigenvalue weighted by molar-refractivity contribution is 6.33. The summed E-state index contributed by atoms with van der Waals surface area (Å²) in [6.45, 7) is 5.55. The second-order valence-corrected chi connectivity index (χ2v) is 9.63. The van der Waals surface area contributed by atoms with E-state index in [1.54, 1.807) is 6.92 Å². The van der Waals surface area contributed by atoms with Crippen molar-refractivity contribution in [1.82, 2.24) is 14.5 Å². The molecule has 0 radical (unpaired) electrons. The Balaban J connectivity index is 1.42. The molecule has 0 amide bonds. The number of hydrogen-bond acceptors (Lipinski definition) is 6. The molecule has 8 heteroatoms. The lowest BCUT2D eigenvalue weighted by molar-refractivity contribution is -0.221. The van der Waals surface area contributed by atoms with Gasteiger partial charge in [-0.05, 0) is 56.4 Å². The summed E-state index contributed by atoms with van der Waals surface area (Å²) in [6, 6.07) is 8.03. The summed E-state index contributed by atoms with van der Waals surface area (Å²) in [5.41, 5.74) is 2.85. The maximum Gasteiger partial charge on any atom is 0.164 e. The molecule has 2 fully saturated rings. The van der Waals surface area contributed by atoms with Crippen LogP contribution in [0.25, 0.3) is 11.0 Å². The van der Waals surface area contributed by atoms with Gasteiger partial charge in [0.2, 0.25) is 0 Å². The van der Waals surface area contributed by atoms with E-state index in [-0.39, 0.29) is 0 Å². The van der Waals surface area contributed by atoms with Crippen molar-refractivity contribution >= 4 is 22.6 Å². The third-order valence-electron chi connectivity index (χ3n) is 6.77. The summed E-state index contributed by atoms with van der Waals surface area (Å²) >= 11 is 6.25. The zero-order chi connectivity index (χ0) is 21.5. The Morgan fingerprint density at radius 1 is 1.13 bits per heavy atom. The number of aromatic nitrogens is 3. The van der Waals surface area contributed by atoms with Crippen LogP contribution in [0, 0.1) is 0 Å². The molecule has 162 valence electrons. The predicted octanol–water partition coefficient (Wildman–Crippen LogP) is 3.51. The molecule has 2 aromatic heterocycles. The number of rotatable bonds is 3. The first kappa shape index (κ1) is 19.6. The van der Waals surface area contributed by atoms with Gasteiger partial charge < -0.3 is 23.9 Å². The summed E-state index contributed by atoms with van der Waals surface area (Å²) in [5.74, 6) is -0.790. The summed E-state index contributed by atoms with van der Waals surface area (Å²) in [7, 11) is 0. The fourth-order valence-electron chi connectivity index (χ4n) is 5.07. The molecule has 0 saturated carbocycles. The molecule has 31 heavy (non-hydrogen) atoms. The van der Waals surface area contributed by atoms with Crippen molar-refractivity contribution in [1.29, 1.82) is 0 Å². The lowest BCUT2D eigenvalue weighted by Gasteiger charge is -2.35. The molecule has 5 atom stereocenters. The van der Waals surface area contributed by atoms with Crippen molar-refractivity contribution in [2.75, 3.05) is 0 Å². The Morgan fingerprint density at radius 2 is 1.90 bits per heavy atom. The fraction of sp³-hybridized carbons (Fsp3) is 0.478. The van der Waals surface area contributed by atoms with Crippen LogP contribution in [0.5, 0.6) is 0 Å². The summed E-state index contributed by atoms with van der Waals surface area (Å²) < 4.78 is 20.9. The molecular weight excluding hydrogens is 418 g/mol. The van der Waals surface area contributed by atoms with E-state index >= 15 is 0 Å². The van der Waals surface area contributed by atoms with Gasteiger partial charge in [0, 0.05) is 6.20 Å². The third kappa shape index (κ3) is 2.88. The molecule has 6 rings (SSSR count). The SMILES string of the molecule is CC1(C)O[C@@H]2[C@H](O1)[C@@H]([C@](C)(O)c1ccc3c(c1)CC3)O[C@H]2n1ccc2c(Cl)ncnc21. The maximum atomic E-state index is 11.7. The minimum Gasteiger partial charge on any atom is -0.383 e. The Labute approximate surface area is 184 Å². The van der Waals surface area contributed by atoms with Crippen LogP contribution in [0.2, 0.25) is 5.15 Å². The molecule has 4 heterocycles. The first-order valence-electron chi connectivity index (χ1n) is 10.6. The largest absolute Gasteiger partial charge is 0.383 e. The van der Waals surface area contributed by atoms with Crippen molar-refractivity contribution in [2.45, 2.75) is 69.5 Å². The Bertz CT molecular complexity index is 1190. The fourth-order valence-corrected chi connectivity index (χ4v) is 5.26. The van der Waals surface area contributed by atoms with Crippen LogP contribution in [-0.2, 0) is 32.7 Å². The van der Waals surface area contributed by atoms with E-state index in [4.69, 9.17) is 25.8 Å². The van der Waals surface area contributed by atoms with Gasteiger partial charge in [0.05, 0.1) is 5.39 Å². The number of benzene rings is 1. The van der Waals surface area contributed by atoms with Crippen LogP contribution in [-0.4, -0.2) is 43.7 Å². The lowest BCUT2D eigenvalue weighted by Crippen LogP contribution is -2.45. The highest BCUT2D eigenvalue weighted by Gasteiger charge is 2.60. The Hall–Kier alpha value is -2.03. The van der Waals surface area contributed by atoms with Crippen LogP contribution >= 0.6 is 11.6 Å². The number of ether oxygens (including phenoxy) is 3. The smallest absolute Gasteiger partial charge is 0.164 e. The second kappa shape index (κ2) is 6.49. The molecule has 0 bridgehead atoms. The molecule has 3 aliphatic rings. The highest BCUT2D eigenvalue weighted by Crippen LogP contribution is 2.49. The minimum atomic E-state index is -1.26. The van der Waals surface area contributed by atoms with Crippen LogP contribution in [0.3, 0.4) is 0 Å². The van der Waals surface area contributed by atoms with E-state index in [2.05, 4.69) is 22.1 Å². The number of hydrogen-bond donors (Lipinski definition) is 1. The zero-order valence-electron chi connectivity index (χ0n) is 17.6. The van der Waals surface area contributed by atoms with E-state index in [1.165, 1.54) is 17.5 Å². The Kier molecular flexibility index (Phi) is 4.11. The van der Waals surface area contributed by atoms with Gasteiger partial charge in [-0.2, -0.15) is 0 Å². The van der Waals surface area contributed by atoms with Crippen LogP contribution in [0.1, 0.15) is 43.7 Å². The number of aliphatic hydroxyl groups is 1. The number of aryl methyl sites for hydroxylation is 2. The quantitative estimate of drug-likeness (QED) is 0.627. The Morgan fingerprint density at radius 3 is 2.65 bits per heavy atom. The molecule has 2 aliphatic heterocycles. The van der Waals surface area contributed by atoms with Crippen molar-refractivity contribution in [2.24, 2.45) is 0 Å². The third-order valence-corrected chi connectivity index (χ3v) is 7.07. The first-order chi connectivity index (χ1) is 14.7. The normalized spacial score (nSPS) is 30.6. The van der Waals surface area contributed by atoms with E-state index < -0.39 is 35.9 Å². The van der Waals surface area contributed by atoms with Gasteiger partial charge in [0.1, 0.15) is 41.0 Å². The minimum absolute atomic E-state index is 0.382. The first-order valence-corrected chi connectivity index (χ1v) is 11.0. The average molecular weight is 442 g/mol. The molecule has 0 spiro atoms. The van der Waals surface area contributed by atoms with Crippen molar-refractivity contribution < 1.29 is 19.3 Å². The van der Waals surface area contributed by atoms with Gasteiger partial charge >= 0.3 is 0 Å². The van der Waals surface area contributed by atoms with Crippen LogP contribution in [0.4, 0.5) is 0 Å². The van der Waals surface area contributed by atoms with Crippen molar-refractivity contribution in [3.63, 3.8) is 0 Å². The van der Waals surface area contributed by atoms with Crippen LogP contribution in [0.15, 0.2) is 36.8 Å². The predicted molar refractivity (Wildman–Crippen MR) is 114 cm³/mol. The zero-order valence-corrected chi connectivity index (χ0v) is 18.3. The molecule has 2 saturated heterocycles. The van der Waals surface area contributed by atoms with Gasteiger partial charge in [-0.25, -0.2) is 9.97 Å². The number of fused-ring (bicyclic) bond motifs is 3. The van der Waals surface area contributed by atoms with Gasteiger partial charge in [0.15, 0.2) is 12.0 Å². The average Bonchev–Trinajstić information content (AvgIpc) is 3.34. The van der Waals surface area contributed by atoms with Crippen molar-refractivity contribution in [3.8, 4) is 0 Å². The molecule has 1 aliphatic carbocycles. The molecule has 7 nitrogen and oxygen atoms in total. The molecule has 0 unspecified atom stereocenters. The van der Waals surface area contributed by atoms with Gasteiger partial charge in [-0.1, -0.05) is 29.8 Å². The molecule has 3 aromatic rings. The van der Waals surface area contributed by atoms with E-state index in [0.29, 0.717) is 10.8 Å². The highest BCUT2D eigenvalue weighted by atomic mass is 35.5. The van der Waals surface area contributed by atoms with Gasteiger partial charge in [-0.15, -0.1) is 0 Å². The number of halogens is 1. The summed E-state index contributed by atoms with van der Waals surface area (Å²) in [6.07, 6.45) is 3.42. The monoisotopic (exact) mass is 441 g/mol. The van der Waals surface area contributed by atoms with Gasteiger partial charge in [0.25, 0.3) is 0 Å². The van der Waals surface area contributed by atoms with Crippen LogP contribution < -0.4 is 0 Å². The second-order valence-electron chi connectivity index (χ2n) is 9.27. The molecule has 1 N–H and O–H groups in total. The van der Waals surface area contributed by atoms with E-state index in [0.717, 1.165) is 23.8 Å². The lowest BCUT2D eigenvalue weighted by atomic mass is 9.81. The van der Waals surface area contributed by atoms with E-state index in [9.17, 15) is 5.11 Å².